The van der Waals surface area contributed by atoms with E-state index >= 15 is 0 Å². The standard InChI is InChI=1S/C24H21F2N3O2/c25-18-7-4-16(5-8-18)22(30)29-23(13-14-23)20-10-6-17-3-1-2-12-24(17,28-20)31-19-9-11-21(26)27-15-19/h3-11,15H,1-2,12-14H2,(H,29,30). The van der Waals surface area contributed by atoms with Gasteiger partial charge in [-0.1, -0.05) is 12.2 Å². The second-order valence-electron chi connectivity index (χ2n) is 8.13. The number of allylic oxidation sites excluding steroid dienone is 1. The molecule has 1 aliphatic heterocycles. The number of aromatic nitrogens is 1. The highest BCUT2D eigenvalue weighted by Crippen LogP contribution is 2.44. The summed E-state index contributed by atoms with van der Waals surface area (Å²) in [6, 6.07) is 8.27. The van der Waals surface area contributed by atoms with Crippen molar-refractivity contribution in [3.05, 3.63) is 83.7 Å². The van der Waals surface area contributed by atoms with E-state index in [2.05, 4.69) is 16.4 Å². The summed E-state index contributed by atoms with van der Waals surface area (Å²) in [5.74, 6) is -0.787. The predicted molar refractivity (Wildman–Crippen MR) is 112 cm³/mol. The number of halogens is 2. The van der Waals surface area contributed by atoms with Crippen molar-refractivity contribution < 1.29 is 18.3 Å². The number of pyridine rings is 1. The molecule has 1 unspecified atom stereocenters. The van der Waals surface area contributed by atoms with Crippen LogP contribution < -0.4 is 10.1 Å². The first-order chi connectivity index (χ1) is 15.0. The van der Waals surface area contributed by atoms with Crippen LogP contribution in [0.5, 0.6) is 5.75 Å². The van der Waals surface area contributed by atoms with Crippen molar-refractivity contribution in [2.75, 3.05) is 0 Å². The van der Waals surface area contributed by atoms with Crippen LogP contribution in [-0.4, -0.2) is 27.9 Å². The first kappa shape index (κ1) is 19.6. The molecule has 0 saturated heterocycles. The second kappa shape index (κ2) is 7.41. The van der Waals surface area contributed by atoms with E-state index in [9.17, 15) is 13.6 Å². The van der Waals surface area contributed by atoms with Crippen molar-refractivity contribution in [2.45, 2.75) is 43.4 Å². The summed E-state index contributed by atoms with van der Waals surface area (Å²) in [5, 5.41) is 3.08. The van der Waals surface area contributed by atoms with E-state index in [4.69, 9.17) is 9.73 Å². The minimum absolute atomic E-state index is 0.267. The molecule has 0 spiro atoms. The van der Waals surface area contributed by atoms with Gasteiger partial charge in [0.15, 0.2) is 0 Å². The molecule has 158 valence electrons. The molecule has 0 bridgehead atoms. The van der Waals surface area contributed by atoms with Crippen molar-refractivity contribution in [1.29, 1.82) is 0 Å². The SMILES string of the molecule is O=C(NC1(C2=NC3(Oc4ccc(F)nc4)CCCC=C3C=C2)CC1)c1ccc(F)cc1. The molecule has 1 N–H and O–H groups in total. The Hall–Kier alpha value is -3.35. The molecule has 1 amide bonds. The fourth-order valence-electron chi connectivity index (χ4n) is 4.10. The fraction of sp³-hybridized carbons (Fsp3) is 0.292. The van der Waals surface area contributed by atoms with Gasteiger partial charge in [0, 0.05) is 17.6 Å². The zero-order valence-electron chi connectivity index (χ0n) is 16.8. The van der Waals surface area contributed by atoms with Crippen LogP contribution in [-0.2, 0) is 0 Å². The lowest BCUT2D eigenvalue weighted by Gasteiger charge is -2.38. The van der Waals surface area contributed by atoms with E-state index in [0.29, 0.717) is 17.7 Å². The number of rotatable bonds is 5. The molecule has 1 atom stereocenters. The Balaban J connectivity index is 1.44. The molecule has 3 aliphatic rings. The Morgan fingerprint density at radius 1 is 1.03 bits per heavy atom. The Labute approximate surface area is 178 Å². The predicted octanol–water partition coefficient (Wildman–Crippen LogP) is 4.52. The maximum absolute atomic E-state index is 13.2. The summed E-state index contributed by atoms with van der Waals surface area (Å²) >= 11 is 0. The number of aliphatic imine (C=N–C) groups is 1. The highest BCUT2D eigenvalue weighted by molar-refractivity contribution is 6.09. The average molecular weight is 421 g/mol. The lowest BCUT2D eigenvalue weighted by atomic mass is 9.86. The van der Waals surface area contributed by atoms with Gasteiger partial charge in [-0.3, -0.25) is 4.79 Å². The minimum Gasteiger partial charge on any atom is -0.460 e. The van der Waals surface area contributed by atoms with Crippen molar-refractivity contribution in [1.82, 2.24) is 10.3 Å². The van der Waals surface area contributed by atoms with Gasteiger partial charge in [0.05, 0.1) is 17.4 Å². The summed E-state index contributed by atoms with van der Waals surface area (Å²) in [4.78, 5) is 21.4. The zero-order chi connectivity index (χ0) is 21.5. The number of ether oxygens (including phenoxy) is 1. The first-order valence-corrected chi connectivity index (χ1v) is 10.4. The Bertz CT molecular complexity index is 1100. The molecule has 0 radical (unpaired) electrons. The number of hydrogen-bond acceptors (Lipinski definition) is 4. The molecule has 1 aromatic heterocycles. The highest BCUT2D eigenvalue weighted by Gasteiger charge is 2.51. The summed E-state index contributed by atoms with van der Waals surface area (Å²) in [7, 11) is 0. The Kier molecular flexibility index (Phi) is 4.68. The maximum atomic E-state index is 13.2. The number of fused-ring (bicyclic) bond motifs is 1. The third-order valence-electron chi connectivity index (χ3n) is 5.94. The van der Waals surface area contributed by atoms with Gasteiger partial charge in [-0.05, 0) is 68.2 Å². The maximum Gasteiger partial charge on any atom is 0.252 e. The zero-order valence-corrected chi connectivity index (χ0v) is 16.8. The minimum atomic E-state index is -0.919. The van der Waals surface area contributed by atoms with E-state index in [1.54, 1.807) is 6.07 Å². The molecule has 1 fully saturated rings. The molecule has 31 heavy (non-hydrogen) atoms. The van der Waals surface area contributed by atoms with Crippen LogP contribution in [0.1, 0.15) is 42.5 Å². The van der Waals surface area contributed by atoms with Gasteiger partial charge in [0.1, 0.15) is 11.6 Å². The topological polar surface area (TPSA) is 63.6 Å². The van der Waals surface area contributed by atoms with Gasteiger partial charge in [0.2, 0.25) is 11.7 Å². The number of nitrogens with one attached hydrogen (secondary N) is 1. The van der Waals surface area contributed by atoms with Gasteiger partial charge in [-0.15, -0.1) is 0 Å². The molecule has 1 aromatic carbocycles. The van der Waals surface area contributed by atoms with Crippen LogP contribution in [0.4, 0.5) is 8.78 Å². The monoisotopic (exact) mass is 421 g/mol. The quantitative estimate of drug-likeness (QED) is 0.722. The van der Waals surface area contributed by atoms with Gasteiger partial charge < -0.3 is 10.1 Å². The second-order valence-corrected chi connectivity index (χ2v) is 8.13. The smallest absolute Gasteiger partial charge is 0.252 e. The molecule has 5 nitrogen and oxygen atoms in total. The van der Waals surface area contributed by atoms with E-state index < -0.39 is 17.2 Å². The van der Waals surface area contributed by atoms with Crippen molar-refractivity contribution in [3.8, 4) is 5.75 Å². The van der Waals surface area contributed by atoms with Gasteiger partial charge in [-0.25, -0.2) is 14.4 Å². The molecule has 2 aliphatic carbocycles. The lowest BCUT2D eigenvalue weighted by molar-refractivity contribution is 0.0932. The highest BCUT2D eigenvalue weighted by atomic mass is 19.1. The summed E-state index contributed by atoms with van der Waals surface area (Å²) in [5.41, 5.74) is 0.611. The number of benzene rings is 1. The molecular weight excluding hydrogens is 400 g/mol. The van der Waals surface area contributed by atoms with Crippen LogP contribution >= 0.6 is 0 Å². The van der Waals surface area contributed by atoms with Crippen molar-refractivity contribution >= 4 is 11.6 Å². The molecule has 2 heterocycles. The van der Waals surface area contributed by atoms with E-state index in [0.717, 1.165) is 37.0 Å². The number of nitrogens with zero attached hydrogens (tertiary/aromatic N) is 2. The number of hydrogen-bond donors (Lipinski definition) is 1. The number of amides is 1. The normalized spacial score (nSPS) is 23.3. The summed E-state index contributed by atoms with van der Waals surface area (Å²) < 4.78 is 32.7. The van der Waals surface area contributed by atoms with Crippen LogP contribution in [0.25, 0.3) is 0 Å². The van der Waals surface area contributed by atoms with Crippen molar-refractivity contribution in [3.63, 3.8) is 0 Å². The van der Waals surface area contributed by atoms with Gasteiger partial charge in [0.25, 0.3) is 5.91 Å². The molecule has 1 saturated carbocycles. The Morgan fingerprint density at radius 2 is 1.84 bits per heavy atom. The number of carbonyl (C=O) groups is 1. The van der Waals surface area contributed by atoms with Crippen LogP contribution in [0.2, 0.25) is 0 Å². The summed E-state index contributed by atoms with van der Waals surface area (Å²) in [6.07, 6.45) is 11.4. The molecule has 5 rings (SSSR count). The third kappa shape index (κ3) is 3.76. The van der Waals surface area contributed by atoms with E-state index in [1.165, 1.54) is 36.5 Å². The number of dihydropyridines is 1. The summed E-state index contributed by atoms with van der Waals surface area (Å²) in [6.45, 7) is 0. The van der Waals surface area contributed by atoms with Crippen LogP contribution in [0, 0.1) is 11.8 Å². The van der Waals surface area contributed by atoms with Crippen molar-refractivity contribution in [2.24, 2.45) is 4.99 Å². The van der Waals surface area contributed by atoms with E-state index in [-0.39, 0.29) is 11.7 Å². The number of carbonyl (C=O) groups excluding carboxylic acids is 1. The van der Waals surface area contributed by atoms with Gasteiger partial charge >= 0.3 is 0 Å². The van der Waals surface area contributed by atoms with Crippen LogP contribution in [0.3, 0.4) is 0 Å². The van der Waals surface area contributed by atoms with Gasteiger partial charge in [-0.2, -0.15) is 4.39 Å². The molecule has 7 heteroatoms. The molecular formula is C24H21F2N3O2. The largest absolute Gasteiger partial charge is 0.460 e. The van der Waals surface area contributed by atoms with E-state index in [1.807, 2.05) is 12.2 Å². The van der Waals surface area contributed by atoms with Crippen LogP contribution in [0.15, 0.2) is 71.4 Å². The lowest BCUT2D eigenvalue weighted by Crippen LogP contribution is -2.47. The Morgan fingerprint density at radius 3 is 2.55 bits per heavy atom. The third-order valence-corrected chi connectivity index (χ3v) is 5.94. The average Bonchev–Trinajstić information content (AvgIpc) is 3.56. The fourth-order valence-corrected chi connectivity index (χ4v) is 4.10. The first-order valence-electron chi connectivity index (χ1n) is 10.4. The molecule has 2 aromatic rings.